The third kappa shape index (κ3) is 4.29. The van der Waals surface area contributed by atoms with Gasteiger partial charge < -0.3 is 0 Å². The predicted octanol–water partition coefficient (Wildman–Crippen LogP) is 0.955. The van der Waals surface area contributed by atoms with Crippen molar-refractivity contribution < 1.29 is 18.0 Å². The van der Waals surface area contributed by atoms with Gasteiger partial charge in [-0.05, 0) is 25.0 Å². The van der Waals surface area contributed by atoms with Crippen LogP contribution in [0.2, 0.25) is 0 Å². The number of carbonyl (C=O) groups excluding carboxylic acids is 1. The number of nitrogens with one attached hydrogen (secondary N) is 2. The van der Waals surface area contributed by atoms with Crippen LogP contribution in [0.15, 0.2) is 35.2 Å². The Hall–Kier alpha value is -1.44. The fourth-order valence-corrected chi connectivity index (χ4v) is 3.04. The third-order valence-corrected chi connectivity index (χ3v) is 4.54. The monoisotopic (exact) mass is 298 g/mol. The van der Waals surface area contributed by atoms with Crippen LogP contribution in [0.3, 0.4) is 0 Å². The number of carbonyl (C=O) groups is 1. The Labute approximate surface area is 118 Å². The molecule has 2 N–H and O–H groups in total. The predicted molar refractivity (Wildman–Crippen MR) is 73.1 cm³/mol. The van der Waals surface area contributed by atoms with E-state index in [4.69, 9.17) is 4.84 Å². The number of benzene rings is 1. The van der Waals surface area contributed by atoms with E-state index in [0.717, 1.165) is 25.7 Å². The van der Waals surface area contributed by atoms with Gasteiger partial charge in [-0.1, -0.05) is 31.0 Å². The lowest BCUT2D eigenvalue weighted by Crippen LogP contribution is -2.38. The van der Waals surface area contributed by atoms with Gasteiger partial charge in [-0.25, -0.2) is 18.6 Å². The summed E-state index contributed by atoms with van der Waals surface area (Å²) in [5.41, 5.74) is 2.28. The molecule has 1 fully saturated rings. The van der Waals surface area contributed by atoms with Crippen LogP contribution in [0, 0.1) is 0 Å². The summed E-state index contributed by atoms with van der Waals surface area (Å²) in [6, 6.07) is 7.90. The van der Waals surface area contributed by atoms with Crippen LogP contribution in [-0.2, 0) is 19.7 Å². The van der Waals surface area contributed by atoms with Gasteiger partial charge in [0, 0.05) is 0 Å². The van der Waals surface area contributed by atoms with Gasteiger partial charge in [0.25, 0.3) is 5.91 Å². The summed E-state index contributed by atoms with van der Waals surface area (Å²) in [4.78, 5) is 16.8. The van der Waals surface area contributed by atoms with Gasteiger partial charge in [-0.3, -0.25) is 9.63 Å². The molecule has 1 aliphatic rings. The van der Waals surface area contributed by atoms with Crippen molar-refractivity contribution in [1.82, 2.24) is 10.2 Å². The molecule has 0 aliphatic heterocycles. The van der Waals surface area contributed by atoms with E-state index in [1.807, 2.05) is 0 Å². The van der Waals surface area contributed by atoms with Crippen LogP contribution in [0.5, 0.6) is 0 Å². The lowest BCUT2D eigenvalue weighted by molar-refractivity contribution is -0.136. The maximum absolute atomic E-state index is 11.9. The fraction of sp³-hybridized carbons (Fsp3) is 0.462. The van der Waals surface area contributed by atoms with Gasteiger partial charge in [0.1, 0.15) is 0 Å². The lowest BCUT2D eigenvalue weighted by atomic mass is 10.3. The fourth-order valence-electron chi connectivity index (χ4n) is 2.03. The second-order valence-electron chi connectivity index (χ2n) is 4.69. The van der Waals surface area contributed by atoms with E-state index in [0.29, 0.717) is 0 Å². The van der Waals surface area contributed by atoms with Crippen LogP contribution in [0.25, 0.3) is 0 Å². The van der Waals surface area contributed by atoms with E-state index in [1.54, 1.807) is 18.2 Å². The third-order valence-electron chi connectivity index (χ3n) is 3.12. The van der Waals surface area contributed by atoms with Crippen LogP contribution in [-0.4, -0.2) is 27.0 Å². The van der Waals surface area contributed by atoms with Gasteiger partial charge in [-0.2, -0.15) is 0 Å². The molecule has 0 radical (unpaired) electrons. The molecule has 1 aliphatic carbocycles. The van der Waals surface area contributed by atoms with E-state index in [-0.39, 0.29) is 17.5 Å². The van der Waals surface area contributed by atoms with Gasteiger partial charge in [0.15, 0.2) is 0 Å². The summed E-state index contributed by atoms with van der Waals surface area (Å²) in [5.74, 6) is -0.503. The molecular weight excluding hydrogens is 280 g/mol. The Morgan fingerprint density at radius 3 is 2.50 bits per heavy atom. The highest BCUT2D eigenvalue weighted by Gasteiger charge is 2.18. The second-order valence-corrected chi connectivity index (χ2v) is 6.45. The van der Waals surface area contributed by atoms with Crippen LogP contribution >= 0.6 is 0 Å². The molecule has 0 aromatic heterocycles. The topological polar surface area (TPSA) is 84.5 Å². The van der Waals surface area contributed by atoms with Gasteiger partial charge >= 0.3 is 0 Å². The Bertz CT molecular complexity index is 539. The summed E-state index contributed by atoms with van der Waals surface area (Å²) in [6.45, 7) is -0.343. The first kappa shape index (κ1) is 15.0. The average Bonchev–Trinajstić information content (AvgIpc) is 2.97. The summed E-state index contributed by atoms with van der Waals surface area (Å²) < 4.78 is 26.0. The van der Waals surface area contributed by atoms with Crippen molar-refractivity contribution in [1.29, 1.82) is 0 Å². The van der Waals surface area contributed by atoms with Gasteiger partial charge in [0.2, 0.25) is 10.0 Å². The molecule has 1 aromatic carbocycles. The quantitative estimate of drug-likeness (QED) is 0.766. The van der Waals surface area contributed by atoms with E-state index in [1.165, 1.54) is 12.1 Å². The first-order chi connectivity index (χ1) is 9.58. The van der Waals surface area contributed by atoms with E-state index < -0.39 is 15.9 Å². The van der Waals surface area contributed by atoms with Gasteiger partial charge in [-0.15, -0.1) is 0 Å². The van der Waals surface area contributed by atoms with Crippen LogP contribution in [0.1, 0.15) is 25.7 Å². The first-order valence-corrected chi connectivity index (χ1v) is 8.05. The highest BCUT2D eigenvalue weighted by molar-refractivity contribution is 7.89. The van der Waals surface area contributed by atoms with Crippen LogP contribution < -0.4 is 10.2 Å². The standard InChI is InChI=1S/C13H18N2O4S/c16-13(15-19-11-6-4-5-7-11)10-14-20(17,18)12-8-2-1-3-9-12/h1-3,8-9,11,14H,4-7,10H2,(H,15,16). The number of hydrogen-bond donors (Lipinski definition) is 2. The molecule has 0 saturated heterocycles. The van der Waals surface area contributed by atoms with Gasteiger partial charge in [0.05, 0.1) is 17.5 Å². The summed E-state index contributed by atoms with van der Waals surface area (Å²) in [7, 11) is -3.66. The minimum absolute atomic E-state index is 0.0460. The highest BCUT2D eigenvalue weighted by atomic mass is 32.2. The Kier molecular flexibility index (Phi) is 5.11. The normalized spacial score (nSPS) is 16.2. The number of rotatable bonds is 6. The van der Waals surface area contributed by atoms with Crippen molar-refractivity contribution in [2.75, 3.05) is 6.54 Å². The summed E-state index contributed by atoms with van der Waals surface area (Å²) >= 11 is 0. The molecule has 0 unspecified atom stereocenters. The highest BCUT2D eigenvalue weighted by Crippen LogP contribution is 2.19. The molecular formula is C13H18N2O4S. The Morgan fingerprint density at radius 2 is 1.85 bits per heavy atom. The van der Waals surface area contributed by atoms with Crippen molar-refractivity contribution in [3.8, 4) is 0 Å². The minimum Gasteiger partial charge on any atom is -0.271 e. The SMILES string of the molecule is O=C(CNS(=O)(=O)c1ccccc1)NOC1CCCC1. The Balaban J connectivity index is 1.77. The van der Waals surface area contributed by atoms with Crippen LogP contribution in [0.4, 0.5) is 0 Å². The molecule has 0 spiro atoms. The van der Waals surface area contributed by atoms with Crippen molar-refractivity contribution >= 4 is 15.9 Å². The smallest absolute Gasteiger partial charge is 0.258 e. The molecule has 7 heteroatoms. The van der Waals surface area contributed by atoms with E-state index in [9.17, 15) is 13.2 Å². The Morgan fingerprint density at radius 1 is 1.20 bits per heavy atom. The number of hydroxylamine groups is 1. The van der Waals surface area contributed by atoms with Crippen molar-refractivity contribution in [3.05, 3.63) is 30.3 Å². The zero-order chi connectivity index (χ0) is 14.4. The van der Waals surface area contributed by atoms with E-state index in [2.05, 4.69) is 10.2 Å². The lowest BCUT2D eigenvalue weighted by Gasteiger charge is -2.11. The molecule has 0 bridgehead atoms. The van der Waals surface area contributed by atoms with Crippen molar-refractivity contribution in [2.45, 2.75) is 36.7 Å². The van der Waals surface area contributed by atoms with E-state index >= 15 is 0 Å². The first-order valence-electron chi connectivity index (χ1n) is 6.57. The molecule has 1 amide bonds. The molecule has 1 aromatic rings. The minimum atomic E-state index is -3.66. The molecule has 0 heterocycles. The molecule has 6 nitrogen and oxygen atoms in total. The molecule has 1 saturated carbocycles. The second kappa shape index (κ2) is 6.83. The number of amides is 1. The summed E-state index contributed by atoms with van der Waals surface area (Å²) in [6.07, 6.45) is 4.10. The average molecular weight is 298 g/mol. The zero-order valence-corrected chi connectivity index (χ0v) is 11.9. The number of hydrogen-bond acceptors (Lipinski definition) is 4. The molecule has 0 atom stereocenters. The largest absolute Gasteiger partial charge is 0.271 e. The maximum Gasteiger partial charge on any atom is 0.258 e. The molecule has 110 valence electrons. The maximum atomic E-state index is 11.9. The number of sulfonamides is 1. The molecule has 20 heavy (non-hydrogen) atoms. The summed E-state index contributed by atoms with van der Waals surface area (Å²) in [5, 5.41) is 0. The molecule has 2 rings (SSSR count). The van der Waals surface area contributed by atoms with Crippen molar-refractivity contribution in [2.24, 2.45) is 0 Å². The zero-order valence-electron chi connectivity index (χ0n) is 11.0. The van der Waals surface area contributed by atoms with Crippen molar-refractivity contribution in [3.63, 3.8) is 0 Å².